The molecular weight excluding hydrogens is 495 g/mol. The third-order valence-corrected chi connectivity index (χ3v) is 7.63. The molecule has 0 amide bonds. The van der Waals surface area contributed by atoms with E-state index in [2.05, 4.69) is 75.7 Å². The summed E-state index contributed by atoms with van der Waals surface area (Å²) in [7, 11) is 2.20. The van der Waals surface area contributed by atoms with E-state index in [0.717, 1.165) is 44.5 Å². The van der Waals surface area contributed by atoms with Gasteiger partial charge in [-0.15, -0.1) is 24.8 Å². The molecule has 0 saturated carbocycles. The molecule has 0 aliphatic carbocycles. The largest absolute Gasteiger partial charge is 0.478 e. The molecule has 1 heterocycles. The zero-order valence-electron chi connectivity index (χ0n) is 22.7. The molecule has 2 aromatic carbocycles. The number of carbonyl (C=O) groups is 1. The first-order valence-electron chi connectivity index (χ1n) is 12.6. The maximum absolute atomic E-state index is 12.1. The van der Waals surface area contributed by atoms with Crippen molar-refractivity contribution >= 4 is 30.8 Å². The van der Waals surface area contributed by atoms with Crippen LogP contribution in [0.1, 0.15) is 69.8 Å². The third-order valence-electron chi connectivity index (χ3n) is 7.63. The van der Waals surface area contributed by atoms with Crippen LogP contribution >= 0.6 is 24.8 Å². The fourth-order valence-corrected chi connectivity index (χ4v) is 5.32. The normalized spacial score (nSPS) is 24.5. The van der Waals surface area contributed by atoms with Crippen molar-refractivity contribution in [2.45, 2.75) is 71.6 Å². The van der Waals surface area contributed by atoms with Crippen molar-refractivity contribution < 1.29 is 15.0 Å². The molecule has 1 aliphatic heterocycles. The monoisotopic (exact) mass is 540 g/mol. The van der Waals surface area contributed by atoms with E-state index < -0.39 is 11.6 Å². The van der Waals surface area contributed by atoms with E-state index in [0.29, 0.717) is 17.6 Å². The molecule has 1 aliphatic rings. The molecule has 0 spiro atoms. The SMILES string of the molecule is CCCN(CCC)C(C)C1(C)CN(C)C(C)CC1(O)c1ccccc1.Cl.Cl.O=C(O)c1ccccc1. The molecule has 3 rings (SSSR count). The van der Waals surface area contributed by atoms with E-state index >= 15 is 0 Å². The minimum absolute atomic E-state index is 0. The summed E-state index contributed by atoms with van der Waals surface area (Å²) < 4.78 is 0. The number of rotatable bonds is 8. The van der Waals surface area contributed by atoms with Gasteiger partial charge in [0.15, 0.2) is 0 Å². The number of piperidine rings is 1. The molecule has 4 atom stereocenters. The Morgan fingerprint density at radius 2 is 1.50 bits per heavy atom. The summed E-state index contributed by atoms with van der Waals surface area (Å²) in [5.74, 6) is -0.879. The van der Waals surface area contributed by atoms with Crippen LogP contribution in [0, 0.1) is 5.41 Å². The summed E-state index contributed by atoms with van der Waals surface area (Å²) in [6.45, 7) is 14.4. The summed E-state index contributed by atoms with van der Waals surface area (Å²) >= 11 is 0. The number of aliphatic hydroxyl groups is 1. The number of carboxylic acid groups (broad SMARTS) is 1. The molecule has 2 N–H and O–H groups in total. The summed E-state index contributed by atoms with van der Waals surface area (Å²) in [5, 5.41) is 20.4. The lowest BCUT2D eigenvalue weighted by Gasteiger charge is -2.58. The number of halogens is 2. The second kappa shape index (κ2) is 15.6. The molecule has 204 valence electrons. The second-order valence-electron chi connectivity index (χ2n) is 10.00. The van der Waals surface area contributed by atoms with Crippen molar-refractivity contribution in [3.8, 4) is 0 Å². The Labute approximate surface area is 230 Å². The number of hydrogen-bond acceptors (Lipinski definition) is 4. The topological polar surface area (TPSA) is 64.0 Å². The molecule has 5 nitrogen and oxygen atoms in total. The highest BCUT2D eigenvalue weighted by Crippen LogP contribution is 2.51. The summed E-state index contributed by atoms with van der Waals surface area (Å²) in [5.41, 5.74) is 0.369. The van der Waals surface area contributed by atoms with Crippen molar-refractivity contribution in [1.29, 1.82) is 0 Å². The van der Waals surface area contributed by atoms with Gasteiger partial charge in [0.2, 0.25) is 0 Å². The zero-order chi connectivity index (χ0) is 25.4. The molecular formula is C29H46Cl2N2O3. The predicted molar refractivity (Wildman–Crippen MR) is 155 cm³/mol. The van der Waals surface area contributed by atoms with E-state index in [1.54, 1.807) is 30.3 Å². The zero-order valence-corrected chi connectivity index (χ0v) is 24.3. The maximum atomic E-state index is 12.1. The number of nitrogens with zero attached hydrogens (tertiary/aromatic N) is 2. The summed E-state index contributed by atoms with van der Waals surface area (Å²) in [4.78, 5) is 15.2. The first kappa shape index (κ1) is 34.4. The van der Waals surface area contributed by atoms with Crippen molar-refractivity contribution in [2.24, 2.45) is 5.41 Å². The minimum atomic E-state index is -0.879. The molecule has 36 heavy (non-hydrogen) atoms. The standard InChI is InChI=1S/C22H38N2O.C7H6O2.2ClH/c1-7-14-24(15-8-2)19(4)21(5)17-23(6)18(3)16-22(21,25)20-12-10-9-11-13-20;8-7(9)6-4-2-1-3-5-6;;/h9-13,18-19,25H,7-8,14-17H2,1-6H3;1-5H,(H,8,9);2*1H. The van der Waals surface area contributed by atoms with E-state index in [1.807, 2.05) is 6.07 Å². The lowest BCUT2D eigenvalue weighted by molar-refractivity contribution is -0.174. The van der Waals surface area contributed by atoms with Gasteiger partial charge in [-0.2, -0.15) is 0 Å². The second-order valence-corrected chi connectivity index (χ2v) is 10.00. The molecule has 1 fully saturated rings. The lowest BCUT2D eigenvalue weighted by atomic mass is 9.60. The summed E-state index contributed by atoms with van der Waals surface area (Å²) in [6.07, 6.45) is 3.08. The smallest absolute Gasteiger partial charge is 0.335 e. The van der Waals surface area contributed by atoms with Crippen molar-refractivity contribution in [3.63, 3.8) is 0 Å². The molecule has 4 unspecified atom stereocenters. The van der Waals surface area contributed by atoms with E-state index in [-0.39, 0.29) is 30.2 Å². The van der Waals surface area contributed by atoms with Gasteiger partial charge in [0, 0.05) is 24.0 Å². The van der Waals surface area contributed by atoms with Crippen LogP contribution < -0.4 is 0 Å². The van der Waals surface area contributed by atoms with Crippen LogP contribution in [0.4, 0.5) is 0 Å². The maximum Gasteiger partial charge on any atom is 0.335 e. The van der Waals surface area contributed by atoms with Gasteiger partial charge in [-0.1, -0.05) is 69.3 Å². The Bertz CT molecular complexity index is 881. The molecule has 1 saturated heterocycles. The van der Waals surface area contributed by atoms with Gasteiger partial charge in [0.1, 0.15) is 0 Å². The van der Waals surface area contributed by atoms with E-state index in [9.17, 15) is 9.90 Å². The van der Waals surface area contributed by atoms with Gasteiger partial charge in [-0.3, -0.25) is 4.90 Å². The van der Waals surface area contributed by atoms with Crippen LogP contribution in [-0.4, -0.2) is 64.7 Å². The van der Waals surface area contributed by atoms with E-state index in [4.69, 9.17) is 5.11 Å². The Balaban J connectivity index is 0.000000944. The number of carboxylic acids is 1. The Morgan fingerprint density at radius 3 is 1.92 bits per heavy atom. The fraction of sp³-hybridized carbons (Fsp3) is 0.552. The number of benzene rings is 2. The van der Waals surface area contributed by atoms with Gasteiger partial charge in [-0.05, 0) is 70.9 Å². The highest BCUT2D eigenvalue weighted by molar-refractivity contribution is 5.87. The highest BCUT2D eigenvalue weighted by atomic mass is 35.5. The highest BCUT2D eigenvalue weighted by Gasteiger charge is 2.56. The fourth-order valence-electron chi connectivity index (χ4n) is 5.32. The van der Waals surface area contributed by atoms with Crippen LogP contribution in [0.25, 0.3) is 0 Å². The van der Waals surface area contributed by atoms with Gasteiger partial charge >= 0.3 is 5.97 Å². The van der Waals surface area contributed by atoms with E-state index in [1.165, 1.54) is 0 Å². The molecule has 0 bridgehead atoms. The minimum Gasteiger partial charge on any atom is -0.478 e. The number of aromatic carboxylic acids is 1. The Morgan fingerprint density at radius 1 is 1.03 bits per heavy atom. The first-order valence-corrected chi connectivity index (χ1v) is 12.6. The van der Waals surface area contributed by atoms with Crippen LogP contribution in [0.5, 0.6) is 0 Å². The molecule has 0 radical (unpaired) electrons. The third kappa shape index (κ3) is 7.93. The van der Waals surface area contributed by atoms with Gasteiger partial charge < -0.3 is 15.1 Å². The number of hydrogen-bond donors (Lipinski definition) is 2. The first-order chi connectivity index (χ1) is 16.1. The Hall–Kier alpha value is -1.63. The number of likely N-dealkylation sites (tertiary alicyclic amines) is 1. The van der Waals surface area contributed by atoms with Crippen LogP contribution in [0.15, 0.2) is 60.7 Å². The van der Waals surface area contributed by atoms with Gasteiger partial charge in [0.25, 0.3) is 0 Å². The quantitative estimate of drug-likeness (QED) is 0.408. The van der Waals surface area contributed by atoms with Crippen molar-refractivity contribution in [2.75, 3.05) is 26.7 Å². The van der Waals surface area contributed by atoms with Gasteiger partial charge in [-0.25, -0.2) is 4.79 Å². The van der Waals surface area contributed by atoms with Crippen molar-refractivity contribution in [1.82, 2.24) is 9.80 Å². The molecule has 2 aromatic rings. The molecule has 7 heteroatoms. The summed E-state index contributed by atoms with van der Waals surface area (Å²) in [6, 6.07) is 19.3. The van der Waals surface area contributed by atoms with Gasteiger partial charge in [0.05, 0.1) is 11.2 Å². The average Bonchev–Trinajstić information content (AvgIpc) is 2.83. The molecule has 0 aromatic heterocycles. The van der Waals surface area contributed by atoms with Crippen LogP contribution in [-0.2, 0) is 5.60 Å². The van der Waals surface area contributed by atoms with Crippen LogP contribution in [0.3, 0.4) is 0 Å². The predicted octanol–water partition coefficient (Wildman–Crippen LogP) is 6.34. The lowest BCUT2D eigenvalue weighted by Crippen LogP contribution is -2.65. The van der Waals surface area contributed by atoms with Crippen LogP contribution in [0.2, 0.25) is 0 Å². The Kier molecular flexibility index (Phi) is 14.9. The van der Waals surface area contributed by atoms with Crippen molar-refractivity contribution in [3.05, 3.63) is 71.8 Å². The average molecular weight is 542 g/mol.